The third-order valence-electron chi connectivity index (χ3n) is 5.55. The summed E-state index contributed by atoms with van der Waals surface area (Å²) >= 11 is 0. The molecule has 0 spiro atoms. The van der Waals surface area contributed by atoms with Crippen molar-refractivity contribution in [3.8, 4) is 16.9 Å². The smallest absolute Gasteiger partial charge is 0.251 e. The number of ether oxygens (including phenoxy) is 1. The maximum Gasteiger partial charge on any atom is 0.251 e. The molecule has 3 N–H and O–H groups in total. The summed E-state index contributed by atoms with van der Waals surface area (Å²) < 4.78 is 48.7. The monoisotopic (exact) mass is 504 g/mol. The molecule has 3 aromatic rings. The second kappa shape index (κ2) is 10.9. The number of allylic oxidation sites excluding steroid dienone is 1. The Kier molecular flexibility index (Phi) is 8.20. The van der Waals surface area contributed by atoms with Gasteiger partial charge in [0.05, 0.1) is 24.1 Å². The summed E-state index contributed by atoms with van der Waals surface area (Å²) in [5.41, 5.74) is 7.23. The molecule has 0 fully saturated rings. The summed E-state index contributed by atoms with van der Waals surface area (Å²) in [6.07, 6.45) is 1.22. The lowest BCUT2D eigenvalue weighted by molar-refractivity contribution is 0.0963. The summed E-state index contributed by atoms with van der Waals surface area (Å²) in [5, 5.41) is 10.8. The number of carbonyl (C=O) groups excluding carboxylic acids is 1. The zero-order chi connectivity index (χ0) is 25.8. The van der Waals surface area contributed by atoms with Crippen LogP contribution in [-0.4, -0.2) is 67.4 Å². The van der Waals surface area contributed by atoms with Gasteiger partial charge in [-0.3, -0.25) is 4.79 Å². The molecule has 1 aromatic heterocycles. The SMILES string of the molecule is CCN(CC)S(=O)(=O)c1ccc(OC)c(-c2cc(C(=O)NC)cc3c2nnn3C/C(F)=C/CN)c1. The number of nitrogens with one attached hydrogen (secondary N) is 1. The van der Waals surface area contributed by atoms with Crippen molar-refractivity contribution in [1.82, 2.24) is 24.6 Å². The number of hydrogen-bond acceptors (Lipinski definition) is 7. The molecule has 0 saturated heterocycles. The van der Waals surface area contributed by atoms with E-state index in [1.165, 1.54) is 41.4 Å². The Labute approximate surface area is 203 Å². The predicted octanol–water partition coefficient (Wildman–Crippen LogP) is 2.31. The van der Waals surface area contributed by atoms with Gasteiger partial charge in [-0.05, 0) is 36.4 Å². The van der Waals surface area contributed by atoms with Gasteiger partial charge in [0, 0.05) is 43.4 Å². The minimum absolute atomic E-state index is 0.0260. The summed E-state index contributed by atoms with van der Waals surface area (Å²) in [6.45, 7) is 3.95. The number of nitrogens with two attached hydrogens (primary N) is 1. The highest BCUT2D eigenvalue weighted by atomic mass is 32.2. The van der Waals surface area contributed by atoms with E-state index in [4.69, 9.17) is 10.5 Å². The van der Waals surface area contributed by atoms with Crippen LogP contribution < -0.4 is 15.8 Å². The van der Waals surface area contributed by atoms with E-state index in [2.05, 4.69) is 15.6 Å². The van der Waals surface area contributed by atoms with Crippen molar-refractivity contribution in [1.29, 1.82) is 0 Å². The number of halogens is 1. The third kappa shape index (κ3) is 5.19. The van der Waals surface area contributed by atoms with E-state index >= 15 is 0 Å². The molecule has 0 atom stereocenters. The van der Waals surface area contributed by atoms with Gasteiger partial charge >= 0.3 is 0 Å². The fourth-order valence-corrected chi connectivity index (χ4v) is 5.26. The highest BCUT2D eigenvalue weighted by molar-refractivity contribution is 7.89. The molecule has 10 nitrogen and oxygen atoms in total. The van der Waals surface area contributed by atoms with E-state index in [-0.39, 0.29) is 29.5 Å². The molecule has 1 heterocycles. The van der Waals surface area contributed by atoms with E-state index in [9.17, 15) is 17.6 Å². The molecule has 0 aliphatic heterocycles. The van der Waals surface area contributed by atoms with Crippen LogP contribution >= 0.6 is 0 Å². The van der Waals surface area contributed by atoms with Crippen LogP contribution in [-0.2, 0) is 16.6 Å². The molecule has 0 radical (unpaired) electrons. The lowest BCUT2D eigenvalue weighted by atomic mass is 9.99. The molecular weight excluding hydrogens is 475 g/mol. The number of rotatable bonds is 10. The van der Waals surface area contributed by atoms with Crippen LogP contribution in [0.3, 0.4) is 0 Å². The number of benzene rings is 2. The van der Waals surface area contributed by atoms with Crippen LogP contribution in [0, 0.1) is 0 Å². The van der Waals surface area contributed by atoms with Gasteiger partial charge in [-0.1, -0.05) is 19.1 Å². The minimum Gasteiger partial charge on any atom is -0.496 e. The quantitative estimate of drug-likeness (QED) is 0.433. The van der Waals surface area contributed by atoms with E-state index in [1.54, 1.807) is 32.0 Å². The molecule has 2 aromatic carbocycles. The normalized spacial score (nSPS) is 12.4. The van der Waals surface area contributed by atoms with Crippen LogP contribution in [0.5, 0.6) is 5.75 Å². The number of fused-ring (bicyclic) bond motifs is 1. The first kappa shape index (κ1) is 26.3. The van der Waals surface area contributed by atoms with E-state index in [1.807, 2.05) is 0 Å². The average molecular weight is 505 g/mol. The number of carbonyl (C=O) groups is 1. The molecule has 0 aliphatic rings. The Bertz CT molecular complexity index is 1370. The molecule has 0 saturated carbocycles. The largest absolute Gasteiger partial charge is 0.496 e. The van der Waals surface area contributed by atoms with E-state index in [0.717, 1.165) is 0 Å². The zero-order valence-corrected chi connectivity index (χ0v) is 20.9. The van der Waals surface area contributed by atoms with Crippen LogP contribution in [0.25, 0.3) is 22.2 Å². The Morgan fingerprint density at radius 1 is 1.23 bits per heavy atom. The first-order chi connectivity index (χ1) is 16.7. The van der Waals surface area contributed by atoms with Gasteiger partial charge in [-0.2, -0.15) is 4.31 Å². The summed E-state index contributed by atoms with van der Waals surface area (Å²) in [7, 11) is -0.821. The summed E-state index contributed by atoms with van der Waals surface area (Å²) in [6, 6.07) is 7.65. The van der Waals surface area contributed by atoms with Crippen molar-refractivity contribution in [2.75, 3.05) is 33.8 Å². The first-order valence-corrected chi connectivity index (χ1v) is 12.5. The molecule has 12 heteroatoms. The Hall–Kier alpha value is -3.35. The van der Waals surface area contributed by atoms with Gasteiger partial charge in [-0.25, -0.2) is 17.5 Å². The maximum atomic E-state index is 14.2. The molecule has 0 aliphatic carbocycles. The van der Waals surface area contributed by atoms with Crippen molar-refractivity contribution < 1.29 is 22.3 Å². The van der Waals surface area contributed by atoms with Gasteiger partial charge in [0.2, 0.25) is 10.0 Å². The zero-order valence-electron chi connectivity index (χ0n) is 20.1. The van der Waals surface area contributed by atoms with Crippen LogP contribution in [0.15, 0.2) is 47.1 Å². The van der Waals surface area contributed by atoms with Gasteiger partial charge in [-0.15, -0.1) is 5.10 Å². The number of methoxy groups -OCH3 is 1. The number of hydrogen-bond donors (Lipinski definition) is 2. The van der Waals surface area contributed by atoms with Gasteiger partial charge in [0.25, 0.3) is 5.91 Å². The van der Waals surface area contributed by atoms with Gasteiger partial charge < -0.3 is 15.8 Å². The lowest BCUT2D eigenvalue weighted by Crippen LogP contribution is -2.30. The van der Waals surface area contributed by atoms with Gasteiger partial charge in [0.1, 0.15) is 17.1 Å². The Morgan fingerprint density at radius 3 is 2.54 bits per heavy atom. The molecule has 3 rings (SSSR count). The topological polar surface area (TPSA) is 132 Å². The van der Waals surface area contributed by atoms with Crippen LogP contribution in [0.1, 0.15) is 24.2 Å². The van der Waals surface area contributed by atoms with Crippen molar-refractivity contribution in [2.45, 2.75) is 25.3 Å². The van der Waals surface area contributed by atoms with E-state index < -0.39 is 15.9 Å². The maximum absolute atomic E-state index is 14.2. The number of nitrogens with zero attached hydrogens (tertiary/aromatic N) is 4. The van der Waals surface area contributed by atoms with E-state index in [0.29, 0.717) is 41.0 Å². The number of amides is 1. The van der Waals surface area contributed by atoms with Crippen LogP contribution in [0.4, 0.5) is 4.39 Å². The molecule has 188 valence electrons. The average Bonchev–Trinajstić information content (AvgIpc) is 3.25. The number of aromatic nitrogens is 3. The molecule has 0 unspecified atom stereocenters. The van der Waals surface area contributed by atoms with Crippen molar-refractivity contribution in [3.63, 3.8) is 0 Å². The summed E-state index contributed by atoms with van der Waals surface area (Å²) in [4.78, 5) is 12.6. The lowest BCUT2D eigenvalue weighted by Gasteiger charge is -2.20. The van der Waals surface area contributed by atoms with Gasteiger partial charge in [0.15, 0.2) is 0 Å². The highest BCUT2D eigenvalue weighted by Crippen LogP contribution is 2.37. The minimum atomic E-state index is -3.77. The molecule has 0 bridgehead atoms. The first-order valence-electron chi connectivity index (χ1n) is 11.0. The Morgan fingerprint density at radius 2 is 1.94 bits per heavy atom. The Balaban J connectivity index is 2.31. The summed E-state index contributed by atoms with van der Waals surface area (Å²) in [5.74, 6) is -0.511. The predicted molar refractivity (Wildman–Crippen MR) is 131 cm³/mol. The second-order valence-electron chi connectivity index (χ2n) is 7.56. The number of sulfonamides is 1. The van der Waals surface area contributed by atoms with Crippen molar-refractivity contribution in [2.24, 2.45) is 5.73 Å². The third-order valence-corrected chi connectivity index (χ3v) is 7.60. The van der Waals surface area contributed by atoms with Crippen molar-refractivity contribution >= 4 is 27.0 Å². The molecular formula is C23H29FN6O4S. The highest BCUT2D eigenvalue weighted by Gasteiger charge is 2.25. The van der Waals surface area contributed by atoms with Crippen molar-refractivity contribution in [3.05, 3.63) is 47.8 Å². The fourth-order valence-electron chi connectivity index (χ4n) is 3.77. The second-order valence-corrected chi connectivity index (χ2v) is 9.49. The standard InChI is InChI=1S/C23H29FN6O4S/c1-5-29(6-2)35(32,33)17-7-8-21(34-4)18(13-17)19-11-15(23(31)26-3)12-20-22(19)27-28-30(20)14-16(24)9-10-25/h7-9,11-13H,5-6,10,14,25H2,1-4H3,(H,26,31)/b16-9-. The fraction of sp³-hybridized carbons (Fsp3) is 0.348. The molecule has 35 heavy (non-hydrogen) atoms. The van der Waals surface area contributed by atoms with Crippen LogP contribution in [0.2, 0.25) is 0 Å². The molecule has 1 amide bonds.